The third-order valence-corrected chi connectivity index (χ3v) is 5.08. The molecule has 1 unspecified atom stereocenters. The van der Waals surface area contributed by atoms with Gasteiger partial charge < -0.3 is 9.88 Å². The minimum atomic E-state index is 0.0000949. The molecule has 1 atom stereocenters. The summed E-state index contributed by atoms with van der Waals surface area (Å²) in [6.07, 6.45) is 8.34. The van der Waals surface area contributed by atoms with Crippen molar-refractivity contribution in [1.29, 1.82) is 0 Å². The van der Waals surface area contributed by atoms with Gasteiger partial charge in [-0.25, -0.2) is 4.98 Å². The molecule has 0 fully saturated rings. The Morgan fingerprint density at radius 3 is 2.21 bits per heavy atom. The molecular formula is C25H33N3O. The van der Waals surface area contributed by atoms with Crippen molar-refractivity contribution in [3.8, 4) is 0 Å². The summed E-state index contributed by atoms with van der Waals surface area (Å²) in [7, 11) is 0. The molecular weight excluding hydrogens is 358 g/mol. The monoisotopic (exact) mass is 391 g/mol. The second kappa shape index (κ2) is 11.8. The molecule has 0 spiro atoms. The minimum Gasteiger partial charge on any atom is -0.330 e. The first-order chi connectivity index (χ1) is 14.2. The molecule has 0 aliphatic carbocycles. The van der Waals surface area contributed by atoms with Crippen molar-refractivity contribution in [2.24, 2.45) is 5.92 Å². The molecule has 1 N–H and O–H groups in total. The molecule has 154 valence electrons. The number of carbonyl (C=O) groups excluding carboxylic acids is 1. The summed E-state index contributed by atoms with van der Waals surface area (Å²) in [6.45, 7) is 8.46. The third kappa shape index (κ3) is 6.31. The second-order valence-electron chi connectivity index (χ2n) is 6.86. The molecule has 1 aromatic heterocycles. The first-order valence-corrected chi connectivity index (χ1v) is 10.6. The lowest BCUT2D eigenvalue weighted by atomic mass is 9.88. The molecule has 0 radical (unpaired) electrons. The molecule has 0 saturated heterocycles. The zero-order valence-electron chi connectivity index (χ0n) is 18.0. The predicted octanol–water partition coefficient (Wildman–Crippen LogP) is 6.12. The van der Waals surface area contributed by atoms with E-state index in [9.17, 15) is 4.79 Å². The quantitative estimate of drug-likeness (QED) is 0.503. The molecule has 0 aliphatic heterocycles. The van der Waals surface area contributed by atoms with E-state index in [1.54, 1.807) is 0 Å². The Morgan fingerprint density at radius 1 is 1.00 bits per heavy atom. The Hall–Kier alpha value is -2.88. The molecule has 0 saturated carbocycles. The molecule has 4 nitrogen and oxygen atoms in total. The lowest BCUT2D eigenvalue weighted by Crippen LogP contribution is -2.19. The van der Waals surface area contributed by atoms with Gasteiger partial charge in [0.1, 0.15) is 0 Å². The zero-order valence-corrected chi connectivity index (χ0v) is 18.0. The van der Waals surface area contributed by atoms with Crippen LogP contribution in [0.4, 0.5) is 5.69 Å². The van der Waals surface area contributed by atoms with Crippen LogP contribution in [0.1, 0.15) is 57.7 Å². The van der Waals surface area contributed by atoms with E-state index < -0.39 is 0 Å². The van der Waals surface area contributed by atoms with Crippen LogP contribution in [0.3, 0.4) is 0 Å². The van der Waals surface area contributed by atoms with Crippen molar-refractivity contribution in [2.45, 2.75) is 53.0 Å². The smallest absolute Gasteiger partial charge is 0.228 e. The fourth-order valence-electron chi connectivity index (χ4n) is 3.61. The van der Waals surface area contributed by atoms with E-state index in [1.165, 1.54) is 5.56 Å². The number of aromatic nitrogens is 2. The maximum Gasteiger partial charge on any atom is 0.228 e. The number of amides is 1. The summed E-state index contributed by atoms with van der Waals surface area (Å²) in [5.41, 5.74) is 3.08. The van der Waals surface area contributed by atoms with Crippen molar-refractivity contribution in [1.82, 2.24) is 9.55 Å². The number of nitrogens with zero attached hydrogens (tertiary/aromatic N) is 2. The number of hydrogen-bond donors (Lipinski definition) is 1. The number of nitrogens with one attached hydrogen (secondary N) is 1. The highest BCUT2D eigenvalue weighted by atomic mass is 16.1. The number of carbonyl (C=O) groups is 1. The average molecular weight is 392 g/mol. The summed E-state index contributed by atoms with van der Waals surface area (Å²) < 4.78 is 2.18. The fraction of sp³-hybridized carbons (Fsp3) is 0.360. The van der Waals surface area contributed by atoms with Gasteiger partial charge in [0.25, 0.3) is 0 Å². The van der Waals surface area contributed by atoms with Crippen LogP contribution in [0.25, 0.3) is 0 Å². The average Bonchev–Trinajstić information content (AvgIpc) is 3.29. The van der Waals surface area contributed by atoms with Gasteiger partial charge in [-0.2, -0.15) is 0 Å². The summed E-state index contributed by atoms with van der Waals surface area (Å²) >= 11 is 0. The van der Waals surface area contributed by atoms with E-state index in [1.807, 2.05) is 75.0 Å². The Bertz CT molecular complexity index is 822. The van der Waals surface area contributed by atoms with E-state index in [0.29, 0.717) is 12.3 Å². The van der Waals surface area contributed by atoms with Gasteiger partial charge in [0.15, 0.2) is 0 Å². The van der Waals surface area contributed by atoms with Crippen molar-refractivity contribution in [3.05, 3.63) is 84.4 Å². The SMILES string of the molecule is CC.CCC(CC)C(c1ccc(NC(=O)Cc2ccccc2)cc1)n1ccnc1. The summed E-state index contributed by atoms with van der Waals surface area (Å²) in [4.78, 5) is 16.5. The van der Waals surface area contributed by atoms with Crippen LogP contribution in [0.15, 0.2) is 73.3 Å². The van der Waals surface area contributed by atoms with Gasteiger partial charge in [0.2, 0.25) is 5.91 Å². The summed E-state index contributed by atoms with van der Waals surface area (Å²) in [6, 6.07) is 18.3. The van der Waals surface area contributed by atoms with Crippen LogP contribution in [0.5, 0.6) is 0 Å². The summed E-state index contributed by atoms with van der Waals surface area (Å²) in [5, 5.41) is 2.99. The van der Waals surface area contributed by atoms with E-state index in [2.05, 4.69) is 40.8 Å². The second-order valence-corrected chi connectivity index (χ2v) is 6.86. The Labute approximate surface area is 175 Å². The number of hydrogen-bond acceptors (Lipinski definition) is 2. The van der Waals surface area contributed by atoms with Gasteiger partial charge in [-0.15, -0.1) is 0 Å². The first kappa shape index (κ1) is 22.4. The topological polar surface area (TPSA) is 46.9 Å². The maximum absolute atomic E-state index is 12.3. The fourth-order valence-corrected chi connectivity index (χ4v) is 3.61. The molecule has 3 aromatic rings. The van der Waals surface area contributed by atoms with Crippen LogP contribution in [0.2, 0.25) is 0 Å². The highest BCUT2D eigenvalue weighted by Gasteiger charge is 2.22. The van der Waals surface area contributed by atoms with Crippen LogP contribution >= 0.6 is 0 Å². The highest BCUT2D eigenvalue weighted by Crippen LogP contribution is 2.31. The molecule has 3 rings (SSSR count). The molecule has 1 heterocycles. The van der Waals surface area contributed by atoms with Crippen molar-refractivity contribution in [3.63, 3.8) is 0 Å². The highest BCUT2D eigenvalue weighted by molar-refractivity contribution is 5.92. The third-order valence-electron chi connectivity index (χ3n) is 5.08. The number of rotatable bonds is 8. The molecule has 4 heteroatoms. The van der Waals surface area contributed by atoms with Gasteiger partial charge in [-0.3, -0.25) is 4.79 Å². The zero-order chi connectivity index (χ0) is 21.1. The predicted molar refractivity (Wildman–Crippen MR) is 121 cm³/mol. The molecule has 0 aliphatic rings. The molecule has 0 bridgehead atoms. The van der Waals surface area contributed by atoms with Crippen LogP contribution in [0, 0.1) is 5.92 Å². The summed E-state index contributed by atoms with van der Waals surface area (Å²) in [5.74, 6) is 0.540. The lowest BCUT2D eigenvalue weighted by Gasteiger charge is -2.27. The van der Waals surface area contributed by atoms with E-state index in [0.717, 1.165) is 24.1 Å². The van der Waals surface area contributed by atoms with Crippen molar-refractivity contribution in [2.75, 3.05) is 5.32 Å². The van der Waals surface area contributed by atoms with Crippen molar-refractivity contribution >= 4 is 11.6 Å². The number of benzene rings is 2. The van der Waals surface area contributed by atoms with Gasteiger partial charge in [-0.05, 0) is 29.2 Å². The lowest BCUT2D eigenvalue weighted by molar-refractivity contribution is -0.115. The normalized spacial score (nSPS) is 11.5. The van der Waals surface area contributed by atoms with Gasteiger partial charge in [-0.1, -0.05) is 83.0 Å². The van der Waals surface area contributed by atoms with Gasteiger partial charge in [0.05, 0.1) is 18.8 Å². The van der Waals surface area contributed by atoms with Gasteiger partial charge >= 0.3 is 0 Å². The van der Waals surface area contributed by atoms with Crippen LogP contribution < -0.4 is 5.32 Å². The number of imidazole rings is 1. The van der Waals surface area contributed by atoms with Gasteiger partial charge in [0, 0.05) is 18.1 Å². The Balaban J connectivity index is 0.00000145. The number of anilines is 1. The van der Waals surface area contributed by atoms with Crippen LogP contribution in [-0.4, -0.2) is 15.5 Å². The van der Waals surface area contributed by atoms with E-state index in [-0.39, 0.29) is 11.9 Å². The maximum atomic E-state index is 12.3. The molecule has 29 heavy (non-hydrogen) atoms. The Morgan fingerprint density at radius 2 is 1.66 bits per heavy atom. The first-order valence-electron chi connectivity index (χ1n) is 10.6. The standard InChI is InChI=1S/C23H27N3O.C2H6/c1-3-19(4-2)23(26-15-14-24-17-26)20-10-12-21(13-11-20)25-22(27)16-18-8-6-5-7-9-18;1-2/h5-15,17,19,23H,3-4,16H2,1-2H3,(H,25,27);1-2H3. The molecule has 1 amide bonds. The van der Waals surface area contributed by atoms with Crippen molar-refractivity contribution < 1.29 is 4.79 Å². The molecule has 2 aromatic carbocycles. The largest absolute Gasteiger partial charge is 0.330 e. The van der Waals surface area contributed by atoms with E-state index >= 15 is 0 Å². The minimum absolute atomic E-state index is 0.0000949. The van der Waals surface area contributed by atoms with E-state index in [4.69, 9.17) is 0 Å². The van der Waals surface area contributed by atoms with Crippen LogP contribution in [-0.2, 0) is 11.2 Å². The Kier molecular flexibility index (Phi) is 9.16.